The van der Waals surface area contributed by atoms with Gasteiger partial charge in [-0.3, -0.25) is 43.9 Å². The molecular formula is C53H58FN13O6. The quantitative estimate of drug-likeness (QED) is 0.161. The van der Waals surface area contributed by atoms with E-state index in [0.29, 0.717) is 49.0 Å². The smallest absolute Gasteiger partial charge is 0.270 e. The van der Waals surface area contributed by atoms with Gasteiger partial charge in [-0.2, -0.15) is 0 Å². The van der Waals surface area contributed by atoms with Crippen LogP contribution in [0.4, 0.5) is 27.3 Å². The first-order chi connectivity index (χ1) is 35.4. The molecule has 19 nitrogen and oxygen atoms in total. The van der Waals surface area contributed by atoms with Crippen LogP contribution in [0, 0.1) is 24.1 Å². The number of imidazole rings is 1. The normalized spacial score (nSPS) is 23.6. The zero-order chi connectivity index (χ0) is 50.1. The molecule has 20 heteroatoms. The van der Waals surface area contributed by atoms with Crippen molar-refractivity contribution in [1.29, 1.82) is 0 Å². The number of hydrogen-bond donors (Lipinski definition) is 3. The zero-order valence-corrected chi connectivity index (χ0v) is 40.8. The first-order valence-electron chi connectivity index (χ1n) is 25.7. The van der Waals surface area contributed by atoms with E-state index in [-0.39, 0.29) is 64.9 Å². The molecule has 8 heterocycles. The number of benzene rings is 2. The minimum absolute atomic E-state index is 0.00300. The Morgan fingerprint density at radius 2 is 1.52 bits per heavy atom. The van der Waals surface area contributed by atoms with Gasteiger partial charge in [0.1, 0.15) is 23.9 Å². The van der Waals surface area contributed by atoms with Gasteiger partial charge in [-0.1, -0.05) is 6.07 Å². The van der Waals surface area contributed by atoms with E-state index in [9.17, 15) is 28.8 Å². The number of carbonyl (C=O) groups is 6. The Morgan fingerprint density at radius 3 is 2.23 bits per heavy atom. The second kappa shape index (κ2) is 18.6. The van der Waals surface area contributed by atoms with Crippen molar-refractivity contribution in [2.75, 3.05) is 67.5 Å². The lowest BCUT2D eigenvalue weighted by molar-refractivity contribution is -0.141. The third-order valence-corrected chi connectivity index (χ3v) is 16.8. The summed E-state index contributed by atoms with van der Waals surface area (Å²) in [5.74, 6) is -2.73. The van der Waals surface area contributed by atoms with Gasteiger partial charge >= 0.3 is 0 Å². The molecule has 5 aliphatic heterocycles. The number of aromatic nitrogens is 5. The van der Waals surface area contributed by atoms with Gasteiger partial charge in [-0.15, -0.1) is 0 Å². The van der Waals surface area contributed by atoms with E-state index in [1.54, 1.807) is 12.4 Å². The Bertz CT molecular complexity index is 3040. The number of carbonyl (C=O) groups excluding carboxylic acids is 6. The summed E-state index contributed by atoms with van der Waals surface area (Å²) in [4.78, 5) is 105. The van der Waals surface area contributed by atoms with Crippen LogP contribution in [0.2, 0.25) is 0 Å². The second-order valence-corrected chi connectivity index (χ2v) is 21.1. The molecule has 1 atom stereocenters. The van der Waals surface area contributed by atoms with Crippen LogP contribution in [0.1, 0.15) is 107 Å². The van der Waals surface area contributed by atoms with Gasteiger partial charge < -0.3 is 29.9 Å². The molecule has 0 bridgehead atoms. The number of hydrogen-bond acceptors (Lipinski definition) is 14. The fourth-order valence-corrected chi connectivity index (χ4v) is 12.5. The molecular weight excluding hydrogens is 934 g/mol. The van der Waals surface area contributed by atoms with Gasteiger partial charge in [-0.05, 0) is 119 Å². The Morgan fingerprint density at radius 1 is 0.795 bits per heavy atom. The van der Waals surface area contributed by atoms with Crippen LogP contribution in [-0.2, 0) is 14.4 Å². The summed E-state index contributed by atoms with van der Waals surface area (Å²) in [6.45, 7) is 8.18. The topological polar surface area (TPSA) is 211 Å². The lowest BCUT2D eigenvalue weighted by Crippen LogP contribution is -2.59. The third-order valence-electron chi connectivity index (χ3n) is 16.8. The molecule has 2 saturated carbocycles. The summed E-state index contributed by atoms with van der Waals surface area (Å²) < 4.78 is 17.6. The maximum absolute atomic E-state index is 15.6. The summed E-state index contributed by atoms with van der Waals surface area (Å²) in [6.07, 6.45) is 10.4. The number of imide groups is 2. The molecule has 6 fully saturated rings. The van der Waals surface area contributed by atoms with Crippen molar-refractivity contribution in [3.63, 3.8) is 0 Å². The van der Waals surface area contributed by atoms with Crippen LogP contribution in [0.5, 0.6) is 0 Å². The Balaban J connectivity index is 0.574. The molecule has 378 valence electrons. The number of piperidine rings is 3. The van der Waals surface area contributed by atoms with Gasteiger partial charge in [0, 0.05) is 99.9 Å². The molecule has 0 radical (unpaired) electrons. The van der Waals surface area contributed by atoms with Crippen LogP contribution in [0.3, 0.4) is 0 Å². The maximum Gasteiger partial charge on any atom is 0.270 e. The summed E-state index contributed by atoms with van der Waals surface area (Å²) in [5, 5.41) is 8.74. The van der Waals surface area contributed by atoms with Crippen LogP contribution in [-0.4, -0.2) is 145 Å². The molecule has 4 saturated heterocycles. The van der Waals surface area contributed by atoms with Gasteiger partial charge in [0.05, 0.1) is 23.1 Å². The van der Waals surface area contributed by atoms with Crippen molar-refractivity contribution in [2.24, 2.45) is 11.3 Å². The zero-order valence-electron chi connectivity index (χ0n) is 40.8. The predicted octanol–water partition coefficient (Wildman–Crippen LogP) is 4.76. The molecule has 12 rings (SSSR count). The van der Waals surface area contributed by atoms with Gasteiger partial charge in [0.2, 0.25) is 17.7 Å². The summed E-state index contributed by atoms with van der Waals surface area (Å²) in [5.41, 5.74) is 5.23. The number of piperazine rings is 1. The van der Waals surface area contributed by atoms with E-state index in [1.165, 1.54) is 24.6 Å². The van der Waals surface area contributed by atoms with E-state index in [2.05, 4.69) is 74.5 Å². The van der Waals surface area contributed by atoms with Gasteiger partial charge in [0.25, 0.3) is 17.7 Å². The monoisotopic (exact) mass is 991 g/mol. The SMILES string of the molecule is Cc1cccc(C(=O)NC2CC(n3cnc4c(Nc5ccc(N6CCN(C7CC8(CCN(C(=O)C9CCN(c%10cc%11c(cc%10F)C(=O)N([C@H]%10CCC(=O)NC%10=O)C%11=O)CC9)CC8)C7)CC6)cc5)ncnc43)C2)n1. The number of rotatable bonds is 10. The molecule has 73 heavy (non-hydrogen) atoms. The van der Waals surface area contributed by atoms with Crippen LogP contribution in [0.15, 0.2) is 67.3 Å². The summed E-state index contributed by atoms with van der Waals surface area (Å²) >= 11 is 0. The largest absolute Gasteiger partial charge is 0.369 e. The molecule has 2 aromatic carbocycles. The molecule has 6 amide bonds. The fourth-order valence-electron chi connectivity index (χ4n) is 12.5. The Labute approximate surface area is 420 Å². The highest BCUT2D eigenvalue weighted by Crippen LogP contribution is 2.51. The second-order valence-electron chi connectivity index (χ2n) is 21.1. The predicted molar refractivity (Wildman–Crippen MR) is 267 cm³/mol. The molecule has 5 aromatic rings. The first kappa shape index (κ1) is 46.7. The Hall–Kier alpha value is -7.35. The first-order valence-corrected chi connectivity index (χ1v) is 25.7. The lowest BCUT2D eigenvalue weighted by atomic mass is 9.60. The number of pyridine rings is 1. The minimum Gasteiger partial charge on any atom is -0.369 e. The highest BCUT2D eigenvalue weighted by atomic mass is 19.1. The molecule has 3 N–H and O–H groups in total. The number of nitrogens with one attached hydrogen (secondary N) is 3. The van der Waals surface area contributed by atoms with Gasteiger partial charge in [0.15, 0.2) is 17.0 Å². The molecule has 0 unspecified atom stereocenters. The molecule has 1 spiro atoms. The highest BCUT2D eigenvalue weighted by molar-refractivity contribution is 6.23. The molecule has 3 aromatic heterocycles. The fraction of sp³-hybridized carbons (Fsp3) is 0.472. The number of anilines is 4. The number of fused-ring (bicyclic) bond motifs is 2. The van der Waals surface area contributed by atoms with Gasteiger partial charge in [-0.25, -0.2) is 24.3 Å². The van der Waals surface area contributed by atoms with E-state index in [4.69, 9.17) is 0 Å². The van der Waals surface area contributed by atoms with Crippen molar-refractivity contribution in [3.05, 3.63) is 95.6 Å². The average Bonchev–Trinajstić information content (AvgIpc) is 3.91. The number of amides is 6. The van der Waals surface area contributed by atoms with E-state index >= 15 is 4.39 Å². The molecule has 7 aliphatic rings. The minimum atomic E-state index is -1.12. The maximum atomic E-state index is 15.6. The van der Waals surface area contributed by atoms with Crippen molar-refractivity contribution < 1.29 is 33.2 Å². The van der Waals surface area contributed by atoms with Crippen LogP contribution >= 0.6 is 0 Å². The highest BCUT2D eigenvalue weighted by Gasteiger charge is 2.50. The lowest BCUT2D eigenvalue weighted by Gasteiger charge is -2.56. The van der Waals surface area contributed by atoms with Crippen LogP contribution in [0.25, 0.3) is 11.2 Å². The number of aryl methyl sites for hydroxylation is 1. The third kappa shape index (κ3) is 8.71. The summed E-state index contributed by atoms with van der Waals surface area (Å²) in [6, 6.07) is 16.1. The van der Waals surface area contributed by atoms with Crippen molar-refractivity contribution in [1.82, 2.24) is 49.8 Å². The number of halogens is 1. The number of nitrogens with zero attached hydrogens (tertiary/aromatic N) is 10. The van der Waals surface area contributed by atoms with E-state index < -0.39 is 35.5 Å². The van der Waals surface area contributed by atoms with Crippen molar-refractivity contribution in [2.45, 2.75) is 95.3 Å². The number of likely N-dealkylation sites (tertiary alicyclic amines) is 1. The standard InChI is InChI=1S/C53H58FN13O6/c1-31-3-2-4-41(58-31)48(69)60-34-23-36(24-34)66-30-57-45-46(55-29-56-47(45)66)59-33-5-7-35(8-6-33)62-19-21-63(22-20-62)37-27-53(28-37)13-17-65(18-14-53)50(71)32-11-15-64(16-12-32)43-26-39-38(25-40(43)54)51(72)67(52(39)73)42-9-10-44(68)61-49(42)70/h2-8,25-26,29-30,32,34,36-37,42H,9-24,27-28H2,1H3,(H,60,69)(H,55,56,59)(H,61,68,70)/t34?,36?,42-/m0/s1. The van der Waals surface area contributed by atoms with Crippen LogP contribution < -0.4 is 25.8 Å². The molecule has 2 aliphatic carbocycles. The van der Waals surface area contributed by atoms with Crippen molar-refractivity contribution in [3.8, 4) is 0 Å². The van der Waals surface area contributed by atoms with Crippen molar-refractivity contribution >= 4 is 69.5 Å². The Kier molecular flexibility index (Phi) is 11.9. The van der Waals surface area contributed by atoms with E-state index in [0.717, 1.165) is 92.9 Å². The average molecular weight is 992 g/mol. The van der Waals surface area contributed by atoms with E-state index in [1.807, 2.05) is 35.2 Å². The summed E-state index contributed by atoms with van der Waals surface area (Å²) in [7, 11) is 0.